The minimum absolute atomic E-state index is 0.0776. The first-order valence-electron chi connectivity index (χ1n) is 11.0. The molecule has 0 spiro atoms. The smallest absolute Gasteiger partial charge is 0.343 e. The van der Waals surface area contributed by atoms with E-state index < -0.39 is 11.6 Å². The van der Waals surface area contributed by atoms with Crippen molar-refractivity contribution in [3.63, 3.8) is 0 Å². The van der Waals surface area contributed by atoms with Crippen LogP contribution in [0.3, 0.4) is 0 Å². The zero-order chi connectivity index (χ0) is 25.7. The maximum atomic E-state index is 13.1. The molecular weight excluding hydrogens is 456 g/mol. The van der Waals surface area contributed by atoms with Gasteiger partial charge in [-0.25, -0.2) is 9.59 Å². The van der Waals surface area contributed by atoms with Gasteiger partial charge in [0.15, 0.2) is 11.5 Å². The van der Waals surface area contributed by atoms with Crippen LogP contribution >= 0.6 is 0 Å². The van der Waals surface area contributed by atoms with Crippen LogP contribution in [0.1, 0.15) is 41.8 Å². The summed E-state index contributed by atoms with van der Waals surface area (Å²) in [5, 5.41) is 0.671. The Morgan fingerprint density at radius 1 is 0.914 bits per heavy atom. The molecule has 0 saturated heterocycles. The molecular formula is C26H28O9. The van der Waals surface area contributed by atoms with Crippen molar-refractivity contribution in [2.24, 2.45) is 0 Å². The number of benzene rings is 2. The highest BCUT2D eigenvalue weighted by molar-refractivity contribution is 5.94. The van der Waals surface area contributed by atoms with Crippen LogP contribution in [0.15, 0.2) is 39.5 Å². The van der Waals surface area contributed by atoms with Crippen LogP contribution in [0, 0.1) is 6.92 Å². The van der Waals surface area contributed by atoms with E-state index in [4.69, 9.17) is 28.1 Å². The predicted octanol–water partition coefficient (Wildman–Crippen LogP) is 4.23. The molecule has 0 saturated carbocycles. The zero-order valence-electron chi connectivity index (χ0n) is 20.6. The number of fused-ring (bicyclic) bond motifs is 1. The van der Waals surface area contributed by atoms with Crippen LogP contribution in [0.5, 0.6) is 23.0 Å². The molecule has 0 bridgehead atoms. The van der Waals surface area contributed by atoms with E-state index in [9.17, 15) is 14.4 Å². The fourth-order valence-electron chi connectivity index (χ4n) is 3.60. The number of carbonyl (C=O) groups is 2. The highest BCUT2D eigenvalue weighted by atomic mass is 16.5. The Morgan fingerprint density at radius 2 is 1.57 bits per heavy atom. The molecule has 0 radical (unpaired) electrons. The molecule has 9 nitrogen and oxygen atoms in total. The van der Waals surface area contributed by atoms with Crippen molar-refractivity contribution in [1.29, 1.82) is 0 Å². The molecule has 0 N–H and O–H groups in total. The van der Waals surface area contributed by atoms with E-state index in [1.54, 1.807) is 26.8 Å². The van der Waals surface area contributed by atoms with Gasteiger partial charge in [0.05, 0.1) is 33.0 Å². The summed E-state index contributed by atoms with van der Waals surface area (Å²) in [6.45, 7) is 5.31. The van der Waals surface area contributed by atoms with Gasteiger partial charge >= 0.3 is 17.6 Å². The number of carbonyl (C=O) groups excluding carboxylic acids is 2. The minimum atomic E-state index is -0.704. The Hall–Kier alpha value is -4.01. The highest BCUT2D eigenvalue weighted by Crippen LogP contribution is 2.38. The summed E-state index contributed by atoms with van der Waals surface area (Å²) < 4.78 is 32.1. The van der Waals surface area contributed by atoms with E-state index in [1.165, 1.54) is 45.6 Å². The number of hydrogen-bond donors (Lipinski definition) is 0. The third-order valence-electron chi connectivity index (χ3n) is 5.20. The number of aryl methyl sites for hydroxylation is 2. The van der Waals surface area contributed by atoms with Crippen LogP contribution in [0.2, 0.25) is 0 Å². The summed E-state index contributed by atoms with van der Waals surface area (Å²) in [5.74, 6) is -0.0182. The molecule has 1 aromatic heterocycles. The molecule has 0 amide bonds. The fourth-order valence-corrected chi connectivity index (χ4v) is 3.60. The first-order chi connectivity index (χ1) is 16.7. The molecule has 186 valence electrons. The Labute approximate surface area is 202 Å². The van der Waals surface area contributed by atoms with Gasteiger partial charge in [-0.15, -0.1) is 0 Å². The topological polar surface area (TPSA) is 111 Å². The SMILES string of the molecule is COc1cc(C(=O)Oc2cc3oc(=O)cc(C)c3cc2CCC(=O)OC(C)C)cc(OC)c1OC. The lowest BCUT2D eigenvalue weighted by Gasteiger charge is -2.15. The lowest BCUT2D eigenvalue weighted by atomic mass is 10.0. The molecule has 35 heavy (non-hydrogen) atoms. The maximum Gasteiger partial charge on any atom is 0.343 e. The summed E-state index contributed by atoms with van der Waals surface area (Å²) in [4.78, 5) is 37.1. The van der Waals surface area contributed by atoms with Gasteiger partial charge in [-0.2, -0.15) is 0 Å². The third-order valence-corrected chi connectivity index (χ3v) is 5.20. The van der Waals surface area contributed by atoms with Crippen LogP contribution < -0.4 is 24.6 Å². The minimum Gasteiger partial charge on any atom is -0.493 e. The van der Waals surface area contributed by atoms with Crippen molar-refractivity contribution >= 4 is 22.9 Å². The summed E-state index contributed by atoms with van der Waals surface area (Å²) in [6.07, 6.45) is 0.0829. The average Bonchev–Trinajstić information content (AvgIpc) is 2.81. The Bertz CT molecular complexity index is 1280. The van der Waals surface area contributed by atoms with Crippen molar-refractivity contribution in [2.45, 2.75) is 39.7 Å². The van der Waals surface area contributed by atoms with Gasteiger partial charge in [0, 0.05) is 23.9 Å². The highest BCUT2D eigenvalue weighted by Gasteiger charge is 2.21. The standard InChI is InChI=1S/C26H28O9/c1-14(2)33-23(27)8-7-16-10-18-15(3)9-24(28)34-20(18)13-19(16)35-26(29)17-11-21(30-4)25(32-6)22(12-17)31-5/h9-14H,7-8H2,1-6H3. The molecule has 2 aromatic carbocycles. The fraction of sp³-hybridized carbons (Fsp3) is 0.346. The van der Waals surface area contributed by atoms with Gasteiger partial charge in [0.1, 0.15) is 11.3 Å². The van der Waals surface area contributed by atoms with E-state index in [1.807, 2.05) is 0 Å². The first-order valence-corrected chi connectivity index (χ1v) is 11.0. The van der Waals surface area contributed by atoms with Crippen molar-refractivity contribution in [2.75, 3.05) is 21.3 Å². The number of esters is 2. The van der Waals surface area contributed by atoms with Crippen molar-refractivity contribution < 1.29 is 37.7 Å². The Kier molecular flexibility index (Phi) is 8.01. The van der Waals surface area contributed by atoms with E-state index in [-0.39, 0.29) is 53.3 Å². The third kappa shape index (κ3) is 5.92. The lowest BCUT2D eigenvalue weighted by molar-refractivity contribution is -0.147. The first kappa shape index (κ1) is 25.6. The molecule has 0 aliphatic rings. The summed E-state index contributed by atoms with van der Waals surface area (Å²) in [7, 11) is 4.34. The molecule has 3 rings (SSSR count). The quantitative estimate of drug-likeness (QED) is 0.250. The van der Waals surface area contributed by atoms with Crippen LogP contribution in [0.4, 0.5) is 0 Å². The van der Waals surface area contributed by atoms with Crippen LogP contribution in [0.25, 0.3) is 11.0 Å². The second-order valence-electron chi connectivity index (χ2n) is 8.05. The van der Waals surface area contributed by atoms with E-state index in [2.05, 4.69) is 0 Å². The van der Waals surface area contributed by atoms with Gasteiger partial charge < -0.3 is 28.1 Å². The van der Waals surface area contributed by atoms with Crippen molar-refractivity contribution in [3.05, 3.63) is 57.4 Å². The molecule has 0 aliphatic heterocycles. The molecule has 0 fully saturated rings. The van der Waals surface area contributed by atoms with Crippen LogP contribution in [-0.2, 0) is 16.0 Å². The lowest BCUT2D eigenvalue weighted by Crippen LogP contribution is -2.14. The Morgan fingerprint density at radius 3 is 2.14 bits per heavy atom. The maximum absolute atomic E-state index is 13.1. The van der Waals surface area contributed by atoms with E-state index >= 15 is 0 Å². The van der Waals surface area contributed by atoms with Gasteiger partial charge in [-0.1, -0.05) is 0 Å². The van der Waals surface area contributed by atoms with Crippen molar-refractivity contribution in [3.8, 4) is 23.0 Å². The number of methoxy groups -OCH3 is 3. The van der Waals surface area contributed by atoms with E-state index in [0.29, 0.717) is 22.3 Å². The number of ether oxygens (including phenoxy) is 5. The van der Waals surface area contributed by atoms with E-state index in [0.717, 1.165) is 0 Å². The number of hydrogen-bond acceptors (Lipinski definition) is 9. The second-order valence-corrected chi connectivity index (χ2v) is 8.05. The normalized spacial score (nSPS) is 10.8. The van der Waals surface area contributed by atoms with Crippen molar-refractivity contribution in [1.82, 2.24) is 0 Å². The Balaban J connectivity index is 2.02. The molecule has 0 aliphatic carbocycles. The zero-order valence-corrected chi connectivity index (χ0v) is 20.6. The monoisotopic (exact) mass is 484 g/mol. The molecule has 9 heteroatoms. The van der Waals surface area contributed by atoms with Crippen LogP contribution in [-0.4, -0.2) is 39.4 Å². The van der Waals surface area contributed by atoms with Gasteiger partial charge in [-0.3, -0.25) is 4.79 Å². The molecule has 3 aromatic rings. The predicted molar refractivity (Wildman–Crippen MR) is 128 cm³/mol. The molecule has 0 unspecified atom stereocenters. The molecule has 1 heterocycles. The van der Waals surface area contributed by atoms with Gasteiger partial charge in [0.2, 0.25) is 5.75 Å². The van der Waals surface area contributed by atoms with Gasteiger partial charge in [-0.05, 0) is 56.5 Å². The largest absolute Gasteiger partial charge is 0.493 e. The average molecular weight is 485 g/mol. The summed E-state index contributed by atoms with van der Waals surface area (Å²) >= 11 is 0. The van der Waals surface area contributed by atoms with Gasteiger partial charge in [0.25, 0.3) is 0 Å². The molecule has 0 atom stereocenters. The summed E-state index contributed by atoms with van der Waals surface area (Å²) in [6, 6.07) is 7.53. The second kappa shape index (κ2) is 10.9. The number of rotatable bonds is 9. The summed E-state index contributed by atoms with van der Waals surface area (Å²) in [5.41, 5.74) is 1.16.